The number of alkyl halides is 3. The molecular formula is C18H13F3N2O2S. The van der Waals surface area contributed by atoms with Gasteiger partial charge in [-0.15, -0.1) is 11.3 Å². The van der Waals surface area contributed by atoms with Crippen LogP contribution in [0.1, 0.15) is 21.6 Å². The molecule has 4 nitrogen and oxygen atoms in total. The molecule has 0 bridgehead atoms. The number of rotatable bonds is 5. The third-order valence-electron chi connectivity index (χ3n) is 3.41. The number of hydrogen-bond acceptors (Lipinski definition) is 4. The lowest BCUT2D eigenvalue weighted by Gasteiger charge is -2.10. The number of para-hydroxylation sites is 1. The summed E-state index contributed by atoms with van der Waals surface area (Å²) in [5.41, 5.74) is -0.105. The number of aromatic nitrogens is 1. The van der Waals surface area contributed by atoms with E-state index < -0.39 is 17.8 Å². The zero-order chi connectivity index (χ0) is 18.6. The Morgan fingerprint density at radius 2 is 1.77 bits per heavy atom. The van der Waals surface area contributed by atoms with Crippen molar-refractivity contribution in [3.63, 3.8) is 0 Å². The van der Waals surface area contributed by atoms with Gasteiger partial charge in [0.15, 0.2) is 10.8 Å². The number of anilines is 1. The maximum absolute atomic E-state index is 12.6. The Hall–Kier alpha value is -2.87. The predicted molar refractivity (Wildman–Crippen MR) is 92.3 cm³/mol. The second-order valence-electron chi connectivity index (χ2n) is 5.25. The van der Waals surface area contributed by atoms with Crippen molar-refractivity contribution in [3.8, 4) is 5.75 Å². The molecule has 0 fully saturated rings. The third-order valence-corrected chi connectivity index (χ3v) is 4.17. The van der Waals surface area contributed by atoms with Gasteiger partial charge in [0, 0.05) is 16.5 Å². The van der Waals surface area contributed by atoms with E-state index in [0.29, 0.717) is 16.9 Å². The molecule has 2 aromatic carbocycles. The van der Waals surface area contributed by atoms with Crippen LogP contribution in [0.5, 0.6) is 5.75 Å². The van der Waals surface area contributed by atoms with Gasteiger partial charge in [-0.2, -0.15) is 13.2 Å². The molecule has 3 rings (SSSR count). The Balaban J connectivity index is 1.72. The summed E-state index contributed by atoms with van der Waals surface area (Å²) in [6.45, 7) is 0.152. The van der Waals surface area contributed by atoms with Crippen LogP contribution in [0, 0.1) is 0 Å². The van der Waals surface area contributed by atoms with Gasteiger partial charge in [-0.05, 0) is 18.2 Å². The lowest BCUT2D eigenvalue weighted by molar-refractivity contribution is -0.140. The number of hydrogen-bond donors (Lipinski definition) is 1. The number of nitrogens with one attached hydrogen (secondary N) is 1. The van der Waals surface area contributed by atoms with Gasteiger partial charge in [0.25, 0.3) is 5.91 Å². The number of amides is 1. The van der Waals surface area contributed by atoms with Crippen molar-refractivity contribution in [2.75, 3.05) is 5.32 Å². The van der Waals surface area contributed by atoms with Crippen LogP contribution >= 0.6 is 11.3 Å². The molecule has 134 valence electrons. The number of thiazole rings is 1. The lowest BCUT2D eigenvalue weighted by Crippen LogP contribution is -2.15. The summed E-state index contributed by atoms with van der Waals surface area (Å²) >= 11 is 0.721. The van der Waals surface area contributed by atoms with Gasteiger partial charge >= 0.3 is 6.18 Å². The van der Waals surface area contributed by atoms with Gasteiger partial charge in [0.05, 0.1) is 0 Å². The van der Waals surface area contributed by atoms with Crippen LogP contribution in [-0.4, -0.2) is 10.9 Å². The Morgan fingerprint density at radius 3 is 2.46 bits per heavy atom. The molecule has 0 saturated carbocycles. The average molecular weight is 378 g/mol. The van der Waals surface area contributed by atoms with E-state index in [2.05, 4.69) is 10.3 Å². The topological polar surface area (TPSA) is 51.2 Å². The van der Waals surface area contributed by atoms with Crippen LogP contribution in [-0.2, 0) is 12.8 Å². The van der Waals surface area contributed by atoms with Crippen LogP contribution in [0.15, 0.2) is 60.0 Å². The minimum absolute atomic E-state index is 0.110. The molecule has 0 atom stereocenters. The first-order valence-corrected chi connectivity index (χ1v) is 8.41. The quantitative estimate of drug-likeness (QED) is 0.680. The monoisotopic (exact) mass is 378 g/mol. The first-order chi connectivity index (χ1) is 12.4. The van der Waals surface area contributed by atoms with Crippen molar-refractivity contribution in [1.82, 2.24) is 4.98 Å². The van der Waals surface area contributed by atoms with E-state index in [0.717, 1.165) is 16.7 Å². The molecule has 0 unspecified atom stereocenters. The second kappa shape index (κ2) is 7.57. The summed E-state index contributed by atoms with van der Waals surface area (Å²) in [6, 6.07) is 15.8. The molecule has 0 spiro atoms. The van der Waals surface area contributed by atoms with Crippen LogP contribution in [0.4, 0.5) is 18.3 Å². The smallest absolute Gasteiger partial charge is 0.434 e. The van der Waals surface area contributed by atoms with E-state index in [1.54, 1.807) is 36.4 Å². The molecule has 26 heavy (non-hydrogen) atoms. The van der Waals surface area contributed by atoms with E-state index in [-0.39, 0.29) is 11.7 Å². The molecule has 8 heteroatoms. The highest BCUT2D eigenvalue weighted by molar-refractivity contribution is 7.14. The molecule has 0 aliphatic rings. The summed E-state index contributed by atoms with van der Waals surface area (Å²) in [5, 5.41) is 3.15. The number of ether oxygens (including phenoxy) is 1. The Kier molecular flexibility index (Phi) is 5.22. The summed E-state index contributed by atoms with van der Waals surface area (Å²) in [4.78, 5) is 15.8. The fourth-order valence-electron chi connectivity index (χ4n) is 2.17. The summed E-state index contributed by atoms with van der Waals surface area (Å²) in [7, 11) is 0. The summed E-state index contributed by atoms with van der Waals surface area (Å²) in [6.07, 6.45) is -4.54. The molecule has 1 heterocycles. The van der Waals surface area contributed by atoms with Gasteiger partial charge in [-0.1, -0.05) is 36.4 Å². The highest BCUT2D eigenvalue weighted by Crippen LogP contribution is 2.31. The number of nitrogens with zero attached hydrogens (tertiary/aromatic N) is 1. The normalized spacial score (nSPS) is 11.2. The molecule has 1 amide bonds. The van der Waals surface area contributed by atoms with Gasteiger partial charge in [-0.25, -0.2) is 4.98 Å². The summed E-state index contributed by atoms with van der Waals surface area (Å²) in [5.74, 6) is 0.109. The average Bonchev–Trinajstić information content (AvgIpc) is 3.10. The van der Waals surface area contributed by atoms with Gasteiger partial charge < -0.3 is 4.74 Å². The third kappa shape index (κ3) is 4.40. The van der Waals surface area contributed by atoms with Crippen LogP contribution in [0.2, 0.25) is 0 Å². The van der Waals surface area contributed by atoms with Crippen molar-refractivity contribution in [1.29, 1.82) is 0 Å². The minimum atomic E-state index is -4.54. The van der Waals surface area contributed by atoms with Gasteiger partial charge in [0.2, 0.25) is 0 Å². The second-order valence-corrected chi connectivity index (χ2v) is 6.11. The number of carbonyl (C=O) groups excluding carboxylic acids is 1. The lowest BCUT2D eigenvalue weighted by atomic mass is 10.1. The fourth-order valence-corrected chi connectivity index (χ4v) is 2.88. The van der Waals surface area contributed by atoms with Crippen LogP contribution in [0.3, 0.4) is 0 Å². The van der Waals surface area contributed by atoms with E-state index >= 15 is 0 Å². The number of halogens is 3. The SMILES string of the molecule is O=C(Nc1nc(C(F)(F)F)cs1)c1ccccc1COc1ccccc1. The van der Waals surface area contributed by atoms with Gasteiger partial charge in [-0.3, -0.25) is 10.1 Å². The Labute approximate surface area is 151 Å². The van der Waals surface area contributed by atoms with E-state index in [4.69, 9.17) is 4.74 Å². The molecule has 1 N–H and O–H groups in total. The largest absolute Gasteiger partial charge is 0.489 e. The molecule has 0 radical (unpaired) electrons. The van der Waals surface area contributed by atoms with E-state index in [1.165, 1.54) is 0 Å². The fraction of sp³-hybridized carbons (Fsp3) is 0.111. The van der Waals surface area contributed by atoms with Crippen molar-refractivity contribution in [3.05, 3.63) is 76.8 Å². The first-order valence-electron chi connectivity index (χ1n) is 7.53. The van der Waals surface area contributed by atoms with E-state index in [1.807, 2.05) is 18.2 Å². The minimum Gasteiger partial charge on any atom is -0.489 e. The molecule has 1 aromatic heterocycles. The number of benzene rings is 2. The molecule has 0 aliphatic heterocycles. The molecular weight excluding hydrogens is 365 g/mol. The zero-order valence-electron chi connectivity index (χ0n) is 13.3. The van der Waals surface area contributed by atoms with Gasteiger partial charge in [0.1, 0.15) is 12.4 Å². The van der Waals surface area contributed by atoms with Crippen molar-refractivity contribution in [2.45, 2.75) is 12.8 Å². The standard InChI is InChI=1S/C18H13F3N2O2S/c19-18(20,21)15-11-26-17(22-15)23-16(24)14-9-5-4-6-12(14)10-25-13-7-2-1-3-8-13/h1-9,11H,10H2,(H,22,23,24). The number of carbonyl (C=O) groups is 1. The Bertz CT molecular complexity index is 895. The van der Waals surface area contributed by atoms with Crippen LogP contribution in [0.25, 0.3) is 0 Å². The van der Waals surface area contributed by atoms with Crippen molar-refractivity contribution >= 4 is 22.4 Å². The maximum atomic E-state index is 12.6. The van der Waals surface area contributed by atoms with E-state index in [9.17, 15) is 18.0 Å². The van der Waals surface area contributed by atoms with Crippen molar-refractivity contribution < 1.29 is 22.7 Å². The highest BCUT2D eigenvalue weighted by atomic mass is 32.1. The molecule has 3 aromatic rings. The Morgan fingerprint density at radius 1 is 1.08 bits per heavy atom. The molecule has 0 saturated heterocycles. The molecule has 0 aliphatic carbocycles. The van der Waals surface area contributed by atoms with Crippen LogP contribution < -0.4 is 10.1 Å². The maximum Gasteiger partial charge on any atom is 0.434 e. The zero-order valence-corrected chi connectivity index (χ0v) is 14.1. The predicted octanol–water partition coefficient (Wildman–Crippen LogP) is 4.99. The highest BCUT2D eigenvalue weighted by Gasteiger charge is 2.34. The first kappa shape index (κ1) is 17.9. The van der Waals surface area contributed by atoms with Crippen molar-refractivity contribution in [2.24, 2.45) is 0 Å². The summed E-state index contributed by atoms with van der Waals surface area (Å²) < 4.78 is 43.4.